The lowest BCUT2D eigenvalue weighted by molar-refractivity contribution is 0.0692. The number of aromatic carboxylic acids is 1. The fraction of sp³-hybridized carbons (Fsp3) is 0.240. The SMILES string of the molecule is CC(C)N(CCCOc1ccccc1C(=O)O)c1cc(-n2ccnc2)c2ccc(Cl)c(Cl)c2n1. The van der Waals surface area contributed by atoms with E-state index in [0.717, 1.165) is 16.9 Å². The largest absolute Gasteiger partial charge is 0.493 e. The Labute approximate surface area is 207 Å². The van der Waals surface area contributed by atoms with Crippen LogP contribution in [0, 0.1) is 0 Å². The van der Waals surface area contributed by atoms with Gasteiger partial charge in [0.2, 0.25) is 0 Å². The zero-order valence-corrected chi connectivity index (χ0v) is 20.3. The van der Waals surface area contributed by atoms with Gasteiger partial charge in [-0.05, 0) is 44.5 Å². The van der Waals surface area contributed by atoms with E-state index in [1.165, 1.54) is 6.07 Å². The van der Waals surface area contributed by atoms with E-state index in [1.54, 1.807) is 36.8 Å². The van der Waals surface area contributed by atoms with Crippen molar-refractivity contribution in [2.45, 2.75) is 26.3 Å². The molecule has 9 heteroatoms. The predicted molar refractivity (Wildman–Crippen MR) is 135 cm³/mol. The lowest BCUT2D eigenvalue weighted by Crippen LogP contribution is -2.33. The summed E-state index contributed by atoms with van der Waals surface area (Å²) in [6.07, 6.45) is 5.98. The lowest BCUT2D eigenvalue weighted by atomic mass is 10.1. The van der Waals surface area contributed by atoms with Crippen LogP contribution in [0.5, 0.6) is 5.75 Å². The first-order chi connectivity index (χ1) is 16.4. The number of para-hydroxylation sites is 1. The third-order valence-corrected chi connectivity index (χ3v) is 6.25. The molecular formula is C25H24Cl2N4O3. The van der Waals surface area contributed by atoms with Gasteiger partial charge in [0.25, 0.3) is 0 Å². The molecule has 0 saturated carbocycles. The van der Waals surface area contributed by atoms with Gasteiger partial charge >= 0.3 is 5.97 Å². The predicted octanol–water partition coefficient (Wildman–Crippen LogP) is 6.11. The molecule has 4 aromatic rings. The first kappa shape index (κ1) is 23.9. The minimum Gasteiger partial charge on any atom is -0.493 e. The van der Waals surface area contributed by atoms with E-state index in [0.29, 0.717) is 40.9 Å². The molecule has 0 atom stereocenters. The minimum atomic E-state index is -1.01. The van der Waals surface area contributed by atoms with Crippen molar-refractivity contribution in [1.82, 2.24) is 14.5 Å². The Morgan fingerprint density at radius 2 is 2.00 bits per heavy atom. The molecular weight excluding hydrogens is 475 g/mol. The Bertz CT molecular complexity index is 1310. The number of carboxylic acids is 1. The second kappa shape index (κ2) is 10.3. The zero-order valence-electron chi connectivity index (χ0n) is 18.8. The number of hydrogen-bond donors (Lipinski definition) is 1. The average molecular weight is 499 g/mol. The van der Waals surface area contributed by atoms with Crippen molar-refractivity contribution in [1.29, 1.82) is 0 Å². The highest BCUT2D eigenvalue weighted by Crippen LogP contribution is 2.35. The standard InChI is InChI=1S/C25H24Cl2N4O3/c1-16(2)31(11-5-13-34-21-7-4-3-6-18(21)25(32)33)22-14-20(30-12-10-28-15-30)17-8-9-19(26)23(27)24(17)29-22/h3-4,6-10,12,14-16H,5,11,13H2,1-2H3,(H,32,33). The molecule has 0 amide bonds. The summed E-state index contributed by atoms with van der Waals surface area (Å²) in [6, 6.07) is 12.5. The number of hydrogen-bond acceptors (Lipinski definition) is 5. The lowest BCUT2D eigenvalue weighted by Gasteiger charge is -2.29. The summed E-state index contributed by atoms with van der Waals surface area (Å²) in [4.78, 5) is 22.6. The maximum Gasteiger partial charge on any atom is 0.339 e. The quantitative estimate of drug-likeness (QED) is 0.280. The molecule has 0 aliphatic carbocycles. The van der Waals surface area contributed by atoms with E-state index >= 15 is 0 Å². The highest BCUT2D eigenvalue weighted by molar-refractivity contribution is 6.45. The summed E-state index contributed by atoms with van der Waals surface area (Å²) < 4.78 is 7.69. The summed E-state index contributed by atoms with van der Waals surface area (Å²) in [5, 5.41) is 11.1. The second-order valence-electron chi connectivity index (χ2n) is 8.02. The van der Waals surface area contributed by atoms with Gasteiger partial charge in [0, 0.05) is 36.4 Å². The number of halogens is 2. The Hall–Kier alpha value is -3.29. The fourth-order valence-electron chi connectivity index (χ4n) is 3.79. The van der Waals surface area contributed by atoms with Gasteiger partial charge in [0.15, 0.2) is 0 Å². The Kier molecular flexibility index (Phi) is 7.24. The molecule has 0 fully saturated rings. The number of nitrogens with zero attached hydrogens (tertiary/aromatic N) is 4. The van der Waals surface area contributed by atoms with Crippen LogP contribution in [0.3, 0.4) is 0 Å². The number of benzene rings is 2. The van der Waals surface area contributed by atoms with Crippen LogP contribution in [0.1, 0.15) is 30.6 Å². The molecule has 0 bridgehead atoms. The highest BCUT2D eigenvalue weighted by Gasteiger charge is 2.18. The molecule has 7 nitrogen and oxygen atoms in total. The maximum absolute atomic E-state index is 11.4. The van der Waals surface area contributed by atoms with Gasteiger partial charge in [-0.1, -0.05) is 35.3 Å². The summed E-state index contributed by atoms with van der Waals surface area (Å²) in [6.45, 7) is 5.18. The van der Waals surface area contributed by atoms with Crippen molar-refractivity contribution in [2.24, 2.45) is 0 Å². The molecule has 1 N–H and O–H groups in total. The number of imidazole rings is 1. The molecule has 0 unspecified atom stereocenters. The van der Waals surface area contributed by atoms with Crippen molar-refractivity contribution in [2.75, 3.05) is 18.1 Å². The van der Waals surface area contributed by atoms with E-state index in [-0.39, 0.29) is 11.6 Å². The van der Waals surface area contributed by atoms with Crippen LogP contribution in [-0.4, -0.2) is 44.8 Å². The van der Waals surface area contributed by atoms with Gasteiger partial charge in [-0.3, -0.25) is 0 Å². The Balaban J connectivity index is 1.61. The van der Waals surface area contributed by atoms with E-state index in [2.05, 4.69) is 23.7 Å². The molecule has 0 aliphatic heterocycles. The van der Waals surface area contributed by atoms with Gasteiger partial charge in [0.1, 0.15) is 17.1 Å². The smallest absolute Gasteiger partial charge is 0.339 e. The van der Waals surface area contributed by atoms with Crippen molar-refractivity contribution in [3.8, 4) is 11.4 Å². The normalized spacial score (nSPS) is 11.2. The van der Waals surface area contributed by atoms with Crippen molar-refractivity contribution in [3.05, 3.63) is 76.8 Å². The van der Waals surface area contributed by atoms with Crippen LogP contribution in [0.2, 0.25) is 10.0 Å². The fourth-order valence-corrected chi connectivity index (χ4v) is 4.15. The van der Waals surface area contributed by atoms with Crippen molar-refractivity contribution < 1.29 is 14.6 Å². The molecule has 2 aromatic heterocycles. The van der Waals surface area contributed by atoms with Gasteiger partial charge < -0.3 is 19.3 Å². The van der Waals surface area contributed by atoms with Crippen LogP contribution in [0.4, 0.5) is 5.82 Å². The molecule has 0 saturated heterocycles. The Morgan fingerprint density at radius 3 is 2.71 bits per heavy atom. The summed E-state index contributed by atoms with van der Waals surface area (Å²) in [7, 11) is 0. The van der Waals surface area contributed by atoms with Crippen molar-refractivity contribution >= 4 is 45.9 Å². The van der Waals surface area contributed by atoms with Gasteiger partial charge in [-0.15, -0.1) is 0 Å². The zero-order chi connectivity index (χ0) is 24.2. The number of ether oxygens (including phenoxy) is 1. The number of carbonyl (C=O) groups is 1. The average Bonchev–Trinajstić information content (AvgIpc) is 3.36. The molecule has 0 spiro atoms. The van der Waals surface area contributed by atoms with E-state index in [4.69, 9.17) is 32.9 Å². The monoisotopic (exact) mass is 498 g/mol. The number of rotatable bonds is 9. The van der Waals surface area contributed by atoms with E-state index < -0.39 is 5.97 Å². The van der Waals surface area contributed by atoms with Crippen LogP contribution in [-0.2, 0) is 0 Å². The summed E-state index contributed by atoms with van der Waals surface area (Å²) in [5.41, 5.74) is 1.66. The van der Waals surface area contributed by atoms with Gasteiger partial charge in [0.05, 0.1) is 34.2 Å². The number of pyridine rings is 1. The van der Waals surface area contributed by atoms with Crippen molar-refractivity contribution in [3.63, 3.8) is 0 Å². The molecule has 0 radical (unpaired) electrons. The molecule has 0 aliphatic rings. The number of fused-ring (bicyclic) bond motifs is 1. The van der Waals surface area contributed by atoms with Crippen LogP contribution in [0.15, 0.2) is 61.2 Å². The molecule has 2 aromatic carbocycles. The number of aromatic nitrogens is 3. The molecule has 4 rings (SSSR count). The van der Waals surface area contributed by atoms with E-state index in [9.17, 15) is 9.90 Å². The Morgan fingerprint density at radius 1 is 1.21 bits per heavy atom. The summed E-state index contributed by atoms with van der Waals surface area (Å²) >= 11 is 12.8. The first-order valence-electron chi connectivity index (χ1n) is 10.9. The third-order valence-electron chi connectivity index (χ3n) is 5.46. The molecule has 34 heavy (non-hydrogen) atoms. The number of carboxylic acid groups (broad SMARTS) is 1. The molecule has 176 valence electrons. The first-order valence-corrected chi connectivity index (χ1v) is 11.6. The highest BCUT2D eigenvalue weighted by atomic mass is 35.5. The summed E-state index contributed by atoms with van der Waals surface area (Å²) in [5.74, 6) is 0.0994. The van der Waals surface area contributed by atoms with Gasteiger partial charge in [-0.25, -0.2) is 14.8 Å². The van der Waals surface area contributed by atoms with Gasteiger partial charge in [-0.2, -0.15) is 0 Å². The minimum absolute atomic E-state index is 0.143. The third kappa shape index (κ3) is 4.95. The van der Waals surface area contributed by atoms with Crippen LogP contribution in [0.25, 0.3) is 16.6 Å². The van der Waals surface area contributed by atoms with E-state index in [1.807, 2.05) is 22.9 Å². The van der Waals surface area contributed by atoms with Crippen LogP contribution >= 0.6 is 23.2 Å². The second-order valence-corrected chi connectivity index (χ2v) is 8.80. The van der Waals surface area contributed by atoms with Crippen LogP contribution < -0.4 is 9.64 Å². The molecule has 2 heterocycles. The topological polar surface area (TPSA) is 80.5 Å². The number of anilines is 1. The maximum atomic E-state index is 11.4.